The van der Waals surface area contributed by atoms with E-state index in [0.717, 1.165) is 23.5 Å². The Bertz CT molecular complexity index is 526. The minimum absolute atomic E-state index is 0.00844. The van der Waals surface area contributed by atoms with Crippen LogP contribution in [0.5, 0.6) is 0 Å². The quantitative estimate of drug-likeness (QED) is 0.607. The van der Waals surface area contributed by atoms with Gasteiger partial charge in [-0.2, -0.15) is 0 Å². The molecule has 1 N–H and O–H groups in total. The van der Waals surface area contributed by atoms with Crippen LogP contribution in [0.15, 0.2) is 33.7 Å². The number of rotatable bonds is 6. The van der Waals surface area contributed by atoms with Crippen LogP contribution in [0.25, 0.3) is 0 Å². The molecule has 0 aliphatic rings. The van der Waals surface area contributed by atoms with E-state index in [4.69, 9.17) is 0 Å². The molecule has 0 aliphatic carbocycles. The van der Waals surface area contributed by atoms with Crippen LogP contribution in [0.1, 0.15) is 19.4 Å². The van der Waals surface area contributed by atoms with Crippen LogP contribution in [0, 0.1) is 5.92 Å². The Hall–Kier alpha value is -1.56. The van der Waals surface area contributed by atoms with Gasteiger partial charge in [-0.1, -0.05) is 41.9 Å². The first-order valence-corrected chi connectivity index (χ1v) is 8.53. The zero-order valence-electron chi connectivity index (χ0n) is 14.6. The van der Waals surface area contributed by atoms with Crippen LogP contribution in [0.4, 0.5) is 0 Å². The molecule has 0 saturated heterocycles. The Kier molecular flexibility index (Phi) is 8.09. The first kappa shape index (κ1) is 19.5. The van der Waals surface area contributed by atoms with Gasteiger partial charge in [-0.15, -0.1) is 0 Å². The van der Waals surface area contributed by atoms with Crippen molar-refractivity contribution in [3.05, 3.63) is 34.3 Å². The van der Waals surface area contributed by atoms with E-state index >= 15 is 0 Å². The van der Waals surface area contributed by atoms with Crippen molar-refractivity contribution in [1.29, 1.82) is 0 Å². The summed E-state index contributed by atoms with van der Waals surface area (Å²) in [5, 5.41) is 3.34. The zero-order chi connectivity index (χ0) is 17.4. The number of likely N-dealkylation sites (N-methyl/N-ethyl adjacent to an activating group) is 1. The molecule has 0 spiro atoms. The highest BCUT2D eigenvalue weighted by atomic mass is 79.9. The standard InChI is InChI=1S/C17H27BrN4O/c1-13(2)10-19-17(20-11-16(23)21(3)4)22(5)12-14-6-8-15(18)9-7-14/h6-9,13H,10-12H2,1-5H3,(H,19,20). The van der Waals surface area contributed by atoms with Crippen molar-refractivity contribution in [3.63, 3.8) is 0 Å². The van der Waals surface area contributed by atoms with Gasteiger partial charge in [0.1, 0.15) is 6.54 Å². The second-order valence-corrected chi connectivity index (χ2v) is 7.10. The summed E-state index contributed by atoms with van der Waals surface area (Å²) in [5.74, 6) is 1.24. The average Bonchev–Trinajstić information content (AvgIpc) is 2.48. The molecule has 0 unspecified atom stereocenters. The third-order valence-corrected chi connectivity index (χ3v) is 3.75. The Labute approximate surface area is 147 Å². The van der Waals surface area contributed by atoms with Gasteiger partial charge in [-0.25, -0.2) is 4.99 Å². The number of halogens is 1. The molecule has 0 fully saturated rings. The fraction of sp³-hybridized carbons (Fsp3) is 0.529. The van der Waals surface area contributed by atoms with Crippen molar-refractivity contribution in [2.45, 2.75) is 20.4 Å². The molecule has 0 radical (unpaired) electrons. The summed E-state index contributed by atoms with van der Waals surface area (Å²) in [7, 11) is 5.46. The fourth-order valence-electron chi connectivity index (χ4n) is 1.83. The molecular weight excluding hydrogens is 356 g/mol. The van der Waals surface area contributed by atoms with Gasteiger partial charge in [0.25, 0.3) is 0 Å². The zero-order valence-corrected chi connectivity index (χ0v) is 16.2. The molecule has 0 heterocycles. The third-order valence-electron chi connectivity index (χ3n) is 3.23. The van der Waals surface area contributed by atoms with E-state index in [1.54, 1.807) is 19.0 Å². The lowest BCUT2D eigenvalue weighted by molar-refractivity contribution is -0.127. The maximum absolute atomic E-state index is 11.8. The minimum atomic E-state index is -0.00844. The van der Waals surface area contributed by atoms with Gasteiger partial charge in [0.05, 0.1) is 0 Å². The predicted octanol–water partition coefficient (Wildman–Crippen LogP) is 2.57. The molecule has 1 amide bonds. The lowest BCUT2D eigenvalue weighted by Gasteiger charge is -2.23. The molecule has 0 atom stereocenters. The molecule has 0 bridgehead atoms. The summed E-state index contributed by atoms with van der Waals surface area (Å²) in [6.07, 6.45) is 0. The van der Waals surface area contributed by atoms with E-state index in [9.17, 15) is 4.79 Å². The van der Waals surface area contributed by atoms with E-state index in [-0.39, 0.29) is 12.5 Å². The van der Waals surface area contributed by atoms with Gasteiger partial charge in [-0.05, 0) is 23.6 Å². The van der Waals surface area contributed by atoms with Crippen LogP contribution >= 0.6 is 15.9 Å². The Morgan fingerprint density at radius 1 is 1.22 bits per heavy atom. The van der Waals surface area contributed by atoms with Gasteiger partial charge in [0.15, 0.2) is 5.96 Å². The number of aliphatic imine (C=N–C) groups is 1. The van der Waals surface area contributed by atoms with Gasteiger partial charge in [0, 0.05) is 38.7 Å². The molecule has 1 aromatic carbocycles. The topological polar surface area (TPSA) is 47.9 Å². The van der Waals surface area contributed by atoms with Crippen molar-refractivity contribution < 1.29 is 4.79 Å². The van der Waals surface area contributed by atoms with Crippen LogP contribution in [-0.2, 0) is 11.3 Å². The molecule has 0 saturated carbocycles. The maximum atomic E-state index is 11.8. The van der Waals surface area contributed by atoms with Crippen molar-refractivity contribution in [1.82, 2.24) is 15.1 Å². The number of guanidine groups is 1. The number of hydrogen-bond donors (Lipinski definition) is 1. The summed E-state index contributed by atoms with van der Waals surface area (Å²) in [6, 6.07) is 8.20. The molecule has 1 rings (SSSR count). The highest BCUT2D eigenvalue weighted by Crippen LogP contribution is 2.11. The average molecular weight is 383 g/mol. The van der Waals surface area contributed by atoms with E-state index in [1.807, 2.05) is 24.1 Å². The van der Waals surface area contributed by atoms with Gasteiger partial charge in [-0.3, -0.25) is 4.79 Å². The lowest BCUT2D eigenvalue weighted by Crippen LogP contribution is -2.41. The maximum Gasteiger partial charge on any atom is 0.243 e. The second-order valence-electron chi connectivity index (χ2n) is 6.19. The first-order chi connectivity index (χ1) is 10.8. The highest BCUT2D eigenvalue weighted by Gasteiger charge is 2.10. The SMILES string of the molecule is CC(C)CNC(=NCC(=O)N(C)C)N(C)Cc1ccc(Br)cc1. The number of carbonyl (C=O) groups excluding carboxylic acids is 1. The Morgan fingerprint density at radius 2 is 1.83 bits per heavy atom. The van der Waals surface area contributed by atoms with E-state index in [2.05, 4.69) is 52.2 Å². The number of benzene rings is 1. The molecule has 5 nitrogen and oxygen atoms in total. The number of carbonyl (C=O) groups is 1. The monoisotopic (exact) mass is 382 g/mol. The van der Waals surface area contributed by atoms with E-state index in [0.29, 0.717) is 5.92 Å². The Balaban J connectivity index is 2.78. The Morgan fingerprint density at radius 3 is 2.35 bits per heavy atom. The van der Waals surface area contributed by atoms with Crippen molar-refractivity contribution in [2.75, 3.05) is 34.2 Å². The predicted molar refractivity (Wildman–Crippen MR) is 99.4 cm³/mol. The largest absolute Gasteiger partial charge is 0.356 e. The van der Waals surface area contributed by atoms with E-state index in [1.165, 1.54) is 5.56 Å². The number of nitrogens with one attached hydrogen (secondary N) is 1. The number of nitrogens with zero attached hydrogens (tertiary/aromatic N) is 3. The van der Waals surface area contributed by atoms with Gasteiger partial charge in [0.2, 0.25) is 5.91 Å². The van der Waals surface area contributed by atoms with Crippen LogP contribution in [-0.4, -0.2) is 55.9 Å². The van der Waals surface area contributed by atoms with Crippen molar-refractivity contribution in [3.8, 4) is 0 Å². The molecule has 1 aromatic rings. The van der Waals surface area contributed by atoms with Crippen molar-refractivity contribution in [2.24, 2.45) is 10.9 Å². The van der Waals surface area contributed by atoms with Crippen molar-refractivity contribution >= 4 is 27.8 Å². The normalized spacial score (nSPS) is 11.5. The first-order valence-electron chi connectivity index (χ1n) is 7.73. The molecule has 6 heteroatoms. The fourth-order valence-corrected chi connectivity index (χ4v) is 2.09. The van der Waals surface area contributed by atoms with Crippen LogP contribution in [0.3, 0.4) is 0 Å². The summed E-state index contributed by atoms with van der Waals surface area (Å²) in [5.41, 5.74) is 1.19. The molecule has 0 aliphatic heterocycles. The van der Waals surface area contributed by atoms with Gasteiger partial charge >= 0.3 is 0 Å². The van der Waals surface area contributed by atoms with E-state index < -0.39 is 0 Å². The van der Waals surface area contributed by atoms with Gasteiger partial charge < -0.3 is 15.1 Å². The third kappa shape index (κ3) is 7.50. The summed E-state index contributed by atoms with van der Waals surface area (Å²) < 4.78 is 1.06. The second kappa shape index (κ2) is 9.55. The summed E-state index contributed by atoms with van der Waals surface area (Å²) in [6.45, 7) is 5.99. The van der Waals surface area contributed by atoms with Crippen LogP contribution < -0.4 is 5.32 Å². The molecule has 128 valence electrons. The molecule has 0 aromatic heterocycles. The summed E-state index contributed by atoms with van der Waals surface area (Å²) in [4.78, 5) is 19.8. The molecule has 23 heavy (non-hydrogen) atoms. The smallest absolute Gasteiger partial charge is 0.243 e. The molecular formula is C17H27BrN4O. The number of hydrogen-bond acceptors (Lipinski definition) is 2. The summed E-state index contributed by atoms with van der Waals surface area (Å²) >= 11 is 3.44. The van der Waals surface area contributed by atoms with Crippen LogP contribution in [0.2, 0.25) is 0 Å². The lowest BCUT2D eigenvalue weighted by atomic mass is 10.2. The number of amides is 1. The minimum Gasteiger partial charge on any atom is -0.356 e. The highest BCUT2D eigenvalue weighted by molar-refractivity contribution is 9.10.